The van der Waals surface area contributed by atoms with Crippen molar-refractivity contribution in [1.82, 2.24) is 0 Å². The molecule has 0 amide bonds. The highest BCUT2D eigenvalue weighted by Gasteiger charge is 2.51. The van der Waals surface area contributed by atoms with E-state index in [4.69, 9.17) is 9.15 Å². The zero-order valence-corrected chi connectivity index (χ0v) is 35.3. The number of ether oxygens (including phenoxy) is 1. The van der Waals surface area contributed by atoms with Crippen LogP contribution in [-0.2, 0) is 10.8 Å². The van der Waals surface area contributed by atoms with Crippen molar-refractivity contribution < 1.29 is 9.15 Å². The van der Waals surface area contributed by atoms with E-state index in [1.807, 2.05) is 6.07 Å². The van der Waals surface area contributed by atoms with E-state index in [2.05, 4.69) is 235 Å². The predicted molar refractivity (Wildman–Crippen MR) is 263 cm³/mol. The minimum absolute atomic E-state index is 0.570. The Morgan fingerprint density at radius 3 is 1.49 bits per heavy atom. The highest BCUT2D eigenvalue weighted by molar-refractivity contribution is 6.13. The molecule has 11 aromatic rings. The van der Waals surface area contributed by atoms with E-state index >= 15 is 0 Å². The Bertz CT molecular complexity index is 3630. The number of nitrogens with zero attached hydrogens (tertiary/aromatic N) is 1. The second-order valence-electron chi connectivity index (χ2n) is 17.5. The molecule has 3 nitrogen and oxygen atoms in total. The topological polar surface area (TPSA) is 25.6 Å². The average Bonchev–Trinajstić information content (AvgIpc) is 4.00. The van der Waals surface area contributed by atoms with Crippen LogP contribution < -0.4 is 9.64 Å². The van der Waals surface area contributed by atoms with Gasteiger partial charge < -0.3 is 14.1 Å². The molecular formula is C62H39NO2. The smallest absolute Gasteiger partial charge is 0.137 e. The Morgan fingerprint density at radius 1 is 0.323 bits per heavy atom. The first-order chi connectivity index (χ1) is 32.2. The van der Waals surface area contributed by atoms with Gasteiger partial charge in [-0.15, -0.1) is 0 Å². The molecule has 14 rings (SSSR count). The third kappa shape index (κ3) is 4.79. The fourth-order valence-corrected chi connectivity index (χ4v) is 11.9. The van der Waals surface area contributed by atoms with E-state index in [9.17, 15) is 0 Å². The van der Waals surface area contributed by atoms with Gasteiger partial charge in [0.2, 0.25) is 0 Å². The molecule has 1 aliphatic heterocycles. The van der Waals surface area contributed by atoms with Crippen molar-refractivity contribution in [2.24, 2.45) is 0 Å². The Hall–Kier alpha value is -8.40. The monoisotopic (exact) mass is 829 g/mol. The van der Waals surface area contributed by atoms with Crippen LogP contribution >= 0.6 is 0 Å². The van der Waals surface area contributed by atoms with Crippen molar-refractivity contribution in [2.45, 2.75) is 10.8 Å². The van der Waals surface area contributed by atoms with Gasteiger partial charge in [0.1, 0.15) is 22.7 Å². The van der Waals surface area contributed by atoms with Crippen molar-refractivity contribution in [3.05, 3.63) is 281 Å². The Kier molecular flexibility index (Phi) is 7.53. The van der Waals surface area contributed by atoms with Crippen molar-refractivity contribution >= 4 is 39.0 Å². The lowest BCUT2D eigenvalue weighted by molar-refractivity contribution is 0.436. The van der Waals surface area contributed by atoms with Crippen LogP contribution in [0.3, 0.4) is 0 Å². The lowest BCUT2D eigenvalue weighted by atomic mass is 9.66. The highest BCUT2D eigenvalue weighted by Crippen LogP contribution is 2.63. The predicted octanol–water partition coefficient (Wildman–Crippen LogP) is 15.9. The van der Waals surface area contributed by atoms with E-state index < -0.39 is 10.8 Å². The highest BCUT2D eigenvalue weighted by atomic mass is 16.5. The number of anilines is 3. The summed E-state index contributed by atoms with van der Waals surface area (Å²) in [6, 6.07) is 86.3. The SMILES string of the molecule is c1ccc(C2(c3ccccc3)c3ccccc3-c3ccc(N(c4ccc5c(c4)C4(c6ccccc6O5)c5ccccc5-c5ccccc54)c4cccc5oc6ccccc6c45)cc32)cc1. The third-order valence-corrected chi connectivity index (χ3v) is 14.4. The van der Waals surface area contributed by atoms with Crippen molar-refractivity contribution in [2.75, 3.05) is 4.90 Å². The van der Waals surface area contributed by atoms with Crippen LogP contribution in [-0.4, -0.2) is 0 Å². The molecule has 0 fully saturated rings. The summed E-state index contributed by atoms with van der Waals surface area (Å²) in [5.41, 5.74) is 18.3. The first-order valence-electron chi connectivity index (χ1n) is 22.4. The van der Waals surface area contributed by atoms with Crippen LogP contribution in [0.1, 0.15) is 44.5 Å². The van der Waals surface area contributed by atoms with Crippen molar-refractivity contribution in [1.29, 1.82) is 0 Å². The molecule has 0 atom stereocenters. The quantitative estimate of drug-likeness (QED) is 0.173. The molecule has 0 unspecified atom stereocenters. The summed E-state index contributed by atoms with van der Waals surface area (Å²) >= 11 is 0. The maximum atomic E-state index is 6.94. The molecule has 0 N–H and O–H groups in total. The van der Waals surface area contributed by atoms with E-state index in [0.717, 1.165) is 61.6 Å². The van der Waals surface area contributed by atoms with Gasteiger partial charge in [-0.3, -0.25) is 0 Å². The van der Waals surface area contributed by atoms with Gasteiger partial charge in [-0.2, -0.15) is 0 Å². The molecule has 0 radical (unpaired) electrons. The standard InChI is InChI=1S/C62H39NO2/c1-3-18-40(19-4-1)61(41-20-5-2-6-21-41)49-26-11-7-24-46(49)47-36-34-42(38-53(47)61)63(55-30-17-33-59-60(55)48-25-10-15-31-56(48)64-59)43-35-37-58-54(39-43)62(52-29-14-16-32-57(52)65-58)50-27-12-8-22-44(50)45-23-9-13-28-51(45)62/h1-39H. The van der Waals surface area contributed by atoms with Gasteiger partial charge in [-0.1, -0.05) is 182 Å². The number of hydrogen-bond acceptors (Lipinski definition) is 3. The summed E-state index contributed by atoms with van der Waals surface area (Å²) in [4.78, 5) is 2.45. The first kappa shape index (κ1) is 36.1. The zero-order valence-electron chi connectivity index (χ0n) is 35.3. The molecule has 304 valence electrons. The van der Waals surface area contributed by atoms with Crippen LogP contribution in [0.25, 0.3) is 44.2 Å². The second kappa shape index (κ2) is 13.6. The summed E-state index contributed by atoms with van der Waals surface area (Å²) in [5, 5.41) is 2.14. The number of fused-ring (bicyclic) bond motifs is 15. The molecule has 1 aromatic heterocycles. The van der Waals surface area contributed by atoms with Crippen LogP contribution in [0.2, 0.25) is 0 Å². The molecular weight excluding hydrogens is 791 g/mol. The van der Waals surface area contributed by atoms with Gasteiger partial charge in [0.15, 0.2) is 0 Å². The summed E-state index contributed by atoms with van der Waals surface area (Å²) in [6.07, 6.45) is 0. The van der Waals surface area contributed by atoms with E-state index in [-0.39, 0.29) is 0 Å². The number of para-hydroxylation sites is 2. The fraction of sp³-hybridized carbons (Fsp3) is 0.0323. The van der Waals surface area contributed by atoms with Crippen molar-refractivity contribution in [3.63, 3.8) is 0 Å². The maximum Gasteiger partial charge on any atom is 0.137 e. The first-order valence-corrected chi connectivity index (χ1v) is 22.4. The lowest BCUT2D eigenvalue weighted by Gasteiger charge is -2.40. The van der Waals surface area contributed by atoms with Crippen LogP contribution in [0.5, 0.6) is 11.5 Å². The molecule has 2 heterocycles. The van der Waals surface area contributed by atoms with Crippen LogP contribution in [0.4, 0.5) is 17.1 Å². The molecule has 0 saturated carbocycles. The van der Waals surface area contributed by atoms with Gasteiger partial charge >= 0.3 is 0 Å². The minimum Gasteiger partial charge on any atom is -0.457 e. The van der Waals surface area contributed by atoms with E-state index in [1.165, 1.54) is 55.6 Å². The molecule has 2 aliphatic carbocycles. The molecule has 1 spiro atoms. The summed E-state index contributed by atoms with van der Waals surface area (Å²) in [5.74, 6) is 1.73. The van der Waals surface area contributed by atoms with Crippen LogP contribution in [0.15, 0.2) is 241 Å². The van der Waals surface area contributed by atoms with E-state index in [0.29, 0.717) is 0 Å². The van der Waals surface area contributed by atoms with Gasteiger partial charge in [0, 0.05) is 27.9 Å². The average molecular weight is 830 g/mol. The molecule has 10 aromatic carbocycles. The van der Waals surface area contributed by atoms with Crippen LogP contribution in [0, 0.1) is 0 Å². The summed E-state index contributed by atoms with van der Waals surface area (Å²) in [7, 11) is 0. The molecule has 0 saturated heterocycles. The van der Waals surface area contributed by atoms with Gasteiger partial charge in [-0.25, -0.2) is 0 Å². The number of benzene rings is 10. The summed E-state index contributed by atoms with van der Waals surface area (Å²) in [6.45, 7) is 0. The Labute approximate surface area is 377 Å². The van der Waals surface area contributed by atoms with Gasteiger partial charge in [0.05, 0.1) is 21.9 Å². The molecule has 3 aliphatic rings. The van der Waals surface area contributed by atoms with Crippen molar-refractivity contribution in [3.8, 4) is 33.8 Å². The Balaban J connectivity index is 1.08. The normalized spacial score (nSPS) is 14.2. The minimum atomic E-state index is -0.622. The Morgan fingerprint density at radius 2 is 0.815 bits per heavy atom. The largest absolute Gasteiger partial charge is 0.457 e. The molecule has 3 heteroatoms. The third-order valence-electron chi connectivity index (χ3n) is 14.4. The summed E-state index contributed by atoms with van der Waals surface area (Å²) < 4.78 is 13.6. The number of furan rings is 1. The number of rotatable bonds is 5. The lowest BCUT2D eigenvalue weighted by Crippen LogP contribution is -2.32. The van der Waals surface area contributed by atoms with Gasteiger partial charge in [0.25, 0.3) is 0 Å². The van der Waals surface area contributed by atoms with Gasteiger partial charge in [-0.05, 0) is 110 Å². The maximum absolute atomic E-state index is 6.94. The molecule has 65 heavy (non-hydrogen) atoms. The van der Waals surface area contributed by atoms with E-state index in [1.54, 1.807) is 0 Å². The zero-order chi connectivity index (χ0) is 42.7. The second-order valence-corrected chi connectivity index (χ2v) is 17.5. The molecule has 0 bridgehead atoms. The fourth-order valence-electron chi connectivity index (χ4n) is 11.9. The number of hydrogen-bond donors (Lipinski definition) is 0.